The molecular weight excluding hydrogens is 486 g/mol. The highest BCUT2D eigenvalue weighted by Gasteiger charge is 2.12. The summed E-state index contributed by atoms with van der Waals surface area (Å²) in [6, 6.07) is 26.5. The normalized spacial score (nSPS) is 14.4. The van der Waals surface area contributed by atoms with Gasteiger partial charge in [0, 0.05) is 59.3 Å². The van der Waals surface area contributed by atoms with E-state index in [0.717, 1.165) is 6.42 Å². The van der Waals surface area contributed by atoms with E-state index in [1.54, 1.807) is 0 Å². The van der Waals surface area contributed by atoms with Crippen molar-refractivity contribution >= 4 is 28.2 Å². The molecule has 3 nitrogen and oxygen atoms in total. The van der Waals surface area contributed by atoms with E-state index in [9.17, 15) is 0 Å². The molecule has 3 aromatic rings. The van der Waals surface area contributed by atoms with Crippen LogP contribution in [0.2, 0.25) is 0 Å². The molecule has 40 heavy (non-hydrogen) atoms. The fourth-order valence-electron chi connectivity index (χ4n) is 4.91. The average Bonchev–Trinajstić information content (AvgIpc) is 2.95. The van der Waals surface area contributed by atoms with Gasteiger partial charge in [-0.3, -0.25) is 0 Å². The predicted molar refractivity (Wildman–Crippen MR) is 178 cm³/mol. The first-order valence-corrected chi connectivity index (χ1v) is 13.9. The summed E-state index contributed by atoms with van der Waals surface area (Å²) >= 11 is 0. The second-order valence-electron chi connectivity index (χ2n) is 11.1. The molecule has 0 N–H and O–H groups in total. The molecule has 3 heteroatoms. The molecule has 0 radical (unpaired) electrons. The zero-order valence-electron chi connectivity index (χ0n) is 25.4. The molecular formula is C37H43N3. The fourth-order valence-corrected chi connectivity index (χ4v) is 4.91. The van der Waals surface area contributed by atoms with E-state index in [1.807, 2.05) is 0 Å². The van der Waals surface area contributed by atoms with Crippen molar-refractivity contribution in [1.29, 1.82) is 0 Å². The van der Waals surface area contributed by atoms with E-state index >= 15 is 0 Å². The zero-order chi connectivity index (χ0) is 28.8. The molecule has 0 atom stereocenters. The van der Waals surface area contributed by atoms with Crippen LogP contribution in [0.3, 0.4) is 0 Å². The van der Waals surface area contributed by atoms with Crippen molar-refractivity contribution in [1.82, 2.24) is 0 Å². The van der Waals surface area contributed by atoms with Gasteiger partial charge < -0.3 is 14.7 Å². The number of allylic oxidation sites excluding steroid dienone is 9. The minimum atomic E-state index is 1.02. The van der Waals surface area contributed by atoms with Crippen LogP contribution in [0.5, 0.6) is 0 Å². The molecule has 0 aliphatic heterocycles. The second kappa shape index (κ2) is 12.7. The molecule has 1 aliphatic carbocycles. The van der Waals surface area contributed by atoms with Crippen molar-refractivity contribution in [2.45, 2.75) is 20.3 Å². The number of hydrogen-bond donors (Lipinski definition) is 0. The van der Waals surface area contributed by atoms with Crippen molar-refractivity contribution < 1.29 is 0 Å². The Labute approximate surface area is 241 Å². The van der Waals surface area contributed by atoms with Gasteiger partial charge in [-0.1, -0.05) is 72.4 Å². The first-order valence-electron chi connectivity index (χ1n) is 13.9. The molecule has 0 fully saturated rings. The smallest absolute Gasteiger partial charge is 0.0361 e. The van der Waals surface area contributed by atoms with Gasteiger partial charge >= 0.3 is 0 Å². The molecule has 4 rings (SSSR count). The Hall–Kier alpha value is -4.24. The summed E-state index contributed by atoms with van der Waals surface area (Å²) in [5, 5.41) is 0. The molecule has 0 unspecified atom stereocenters. The lowest BCUT2D eigenvalue weighted by atomic mass is 9.88. The quantitative estimate of drug-likeness (QED) is 0.270. The van der Waals surface area contributed by atoms with E-state index in [2.05, 4.69) is 174 Å². The van der Waals surface area contributed by atoms with Crippen molar-refractivity contribution in [3.63, 3.8) is 0 Å². The minimum absolute atomic E-state index is 1.02. The third kappa shape index (κ3) is 6.66. The van der Waals surface area contributed by atoms with E-state index in [4.69, 9.17) is 0 Å². The Balaban J connectivity index is 1.82. The van der Waals surface area contributed by atoms with E-state index < -0.39 is 0 Å². The van der Waals surface area contributed by atoms with Gasteiger partial charge in [0.15, 0.2) is 0 Å². The topological polar surface area (TPSA) is 9.72 Å². The van der Waals surface area contributed by atoms with Crippen LogP contribution < -0.4 is 14.7 Å². The third-order valence-corrected chi connectivity index (χ3v) is 7.65. The average molecular weight is 530 g/mol. The van der Waals surface area contributed by atoms with Crippen LogP contribution in [-0.2, 0) is 0 Å². The third-order valence-electron chi connectivity index (χ3n) is 7.65. The van der Waals surface area contributed by atoms with Crippen LogP contribution in [0.4, 0.5) is 17.1 Å². The van der Waals surface area contributed by atoms with Crippen molar-refractivity contribution in [2.24, 2.45) is 0 Å². The molecule has 0 saturated carbocycles. The maximum atomic E-state index is 2.28. The molecule has 1 aliphatic rings. The molecule has 0 amide bonds. The minimum Gasteiger partial charge on any atom is -0.378 e. The molecule has 3 aromatic carbocycles. The maximum absolute atomic E-state index is 2.28. The van der Waals surface area contributed by atoms with Crippen LogP contribution in [0.15, 0.2) is 120 Å². The lowest BCUT2D eigenvalue weighted by Gasteiger charge is -2.18. The Kier molecular flexibility index (Phi) is 9.16. The Morgan fingerprint density at radius 3 is 1.45 bits per heavy atom. The molecule has 0 bridgehead atoms. The summed E-state index contributed by atoms with van der Waals surface area (Å²) in [5.74, 6) is 0. The SMILES string of the molecule is CC1=C(C)C(=C(C=CC=C(c2ccc(N(C)C)cc2)c2ccc(N(C)C)cc2)c2ccc(N(C)C)cc2)C=CC1. The van der Waals surface area contributed by atoms with Crippen LogP contribution in [-0.4, -0.2) is 42.3 Å². The number of benzene rings is 3. The highest BCUT2D eigenvalue weighted by molar-refractivity contribution is 5.85. The summed E-state index contributed by atoms with van der Waals surface area (Å²) in [5.41, 5.74) is 13.7. The maximum Gasteiger partial charge on any atom is 0.0361 e. The highest BCUT2D eigenvalue weighted by atomic mass is 15.1. The van der Waals surface area contributed by atoms with E-state index in [1.165, 1.54) is 61.6 Å². The van der Waals surface area contributed by atoms with Crippen molar-refractivity contribution in [2.75, 3.05) is 57.0 Å². The summed E-state index contributed by atoms with van der Waals surface area (Å²) in [6.45, 7) is 4.48. The molecule has 0 aromatic heterocycles. The summed E-state index contributed by atoms with van der Waals surface area (Å²) < 4.78 is 0. The Morgan fingerprint density at radius 2 is 1.02 bits per heavy atom. The van der Waals surface area contributed by atoms with Crippen molar-refractivity contribution in [3.8, 4) is 0 Å². The van der Waals surface area contributed by atoms with Gasteiger partial charge in [0.1, 0.15) is 0 Å². The molecule has 0 saturated heterocycles. The number of anilines is 3. The van der Waals surface area contributed by atoms with Gasteiger partial charge in [0.05, 0.1) is 0 Å². The first-order chi connectivity index (χ1) is 19.2. The summed E-state index contributed by atoms with van der Waals surface area (Å²) in [7, 11) is 12.5. The second-order valence-corrected chi connectivity index (χ2v) is 11.1. The van der Waals surface area contributed by atoms with E-state index in [0.29, 0.717) is 0 Å². The van der Waals surface area contributed by atoms with Gasteiger partial charge in [-0.05, 0) is 95.6 Å². The van der Waals surface area contributed by atoms with E-state index in [-0.39, 0.29) is 0 Å². The van der Waals surface area contributed by atoms with Gasteiger partial charge in [-0.25, -0.2) is 0 Å². The lowest BCUT2D eigenvalue weighted by molar-refractivity contribution is 1.12. The van der Waals surface area contributed by atoms with Gasteiger partial charge in [0.25, 0.3) is 0 Å². The molecule has 0 spiro atoms. The summed E-state index contributed by atoms with van der Waals surface area (Å²) in [6.07, 6.45) is 12.3. The Bertz CT molecular complexity index is 1400. The molecule has 206 valence electrons. The van der Waals surface area contributed by atoms with Gasteiger partial charge in [-0.2, -0.15) is 0 Å². The summed E-state index contributed by atoms with van der Waals surface area (Å²) in [4.78, 5) is 6.41. The first kappa shape index (κ1) is 28.8. The largest absolute Gasteiger partial charge is 0.378 e. The van der Waals surface area contributed by atoms with Crippen LogP contribution in [0, 0.1) is 0 Å². The fraction of sp³-hybridized carbons (Fsp3) is 0.243. The lowest BCUT2D eigenvalue weighted by Crippen LogP contribution is -2.08. The van der Waals surface area contributed by atoms with Gasteiger partial charge in [-0.15, -0.1) is 0 Å². The number of hydrogen-bond acceptors (Lipinski definition) is 3. The highest BCUT2D eigenvalue weighted by Crippen LogP contribution is 2.33. The van der Waals surface area contributed by atoms with Crippen LogP contribution in [0.1, 0.15) is 37.0 Å². The predicted octanol–water partition coefficient (Wildman–Crippen LogP) is 8.62. The zero-order valence-corrected chi connectivity index (χ0v) is 25.4. The van der Waals surface area contributed by atoms with Crippen molar-refractivity contribution in [3.05, 3.63) is 137 Å². The van der Waals surface area contributed by atoms with Gasteiger partial charge in [0.2, 0.25) is 0 Å². The Morgan fingerprint density at radius 1 is 0.600 bits per heavy atom. The monoisotopic (exact) mass is 529 g/mol. The number of rotatable bonds is 8. The van der Waals surface area contributed by atoms with Crippen LogP contribution >= 0.6 is 0 Å². The number of nitrogens with zero attached hydrogens (tertiary/aromatic N) is 3. The standard InChI is InChI=1S/C37H43N3/c1-27-11-9-12-35(28(27)2)37(31-19-25-34(26-20-31)40(7)8)14-10-13-36(29-15-21-32(22-16-29)38(3)4)30-17-23-33(24-18-30)39(5)6/h9-10,12-26H,11H2,1-8H3. The van der Waals surface area contributed by atoms with Crippen LogP contribution in [0.25, 0.3) is 11.1 Å². The molecule has 0 heterocycles.